The van der Waals surface area contributed by atoms with Gasteiger partial charge in [0.15, 0.2) is 5.78 Å². The van der Waals surface area contributed by atoms with E-state index in [4.69, 9.17) is 0 Å². The molecule has 2 saturated carbocycles. The summed E-state index contributed by atoms with van der Waals surface area (Å²) in [5, 5.41) is 0. The lowest BCUT2D eigenvalue weighted by atomic mass is 9.83. The molecule has 0 bridgehead atoms. The fourth-order valence-corrected chi connectivity index (χ4v) is 4.41. The summed E-state index contributed by atoms with van der Waals surface area (Å²) in [5.74, 6) is 2.39. The Bertz CT molecular complexity index is 424. The van der Waals surface area contributed by atoms with Crippen molar-refractivity contribution in [3.05, 3.63) is 0 Å². The van der Waals surface area contributed by atoms with Gasteiger partial charge in [0.25, 0.3) is 0 Å². The van der Waals surface area contributed by atoms with Crippen LogP contribution in [0.2, 0.25) is 0 Å². The second kappa shape index (κ2) is 4.09. The van der Waals surface area contributed by atoms with Crippen LogP contribution in [0, 0.1) is 22.7 Å². The van der Waals surface area contributed by atoms with E-state index in [0.717, 1.165) is 24.8 Å². The molecule has 1 saturated heterocycles. The lowest BCUT2D eigenvalue weighted by Gasteiger charge is -2.38. The Kier molecular flexibility index (Phi) is 2.98. The van der Waals surface area contributed by atoms with Crippen LogP contribution < -0.4 is 0 Å². The molecule has 0 N–H and O–H groups in total. The summed E-state index contributed by atoms with van der Waals surface area (Å²) in [4.78, 5) is 15.4. The molecule has 0 amide bonds. The number of rotatable bonds is 2. The number of Topliss-reactive ketones (excluding diaryl/α,β-unsaturated/α-hetero) is 1. The molecule has 1 spiro atoms. The Labute approximate surface area is 124 Å². The predicted molar refractivity (Wildman–Crippen MR) is 82.6 cm³/mol. The zero-order valence-electron chi connectivity index (χ0n) is 14.1. The van der Waals surface area contributed by atoms with Crippen molar-refractivity contribution in [1.29, 1.82) is 0 Å². The minimum Gasteiger partial charge on any atom is -0.297 e. The fraction of sp³-hybridized carbons (Fsp3) is 0.944. The van der Waals surface area contributed by atoms with Crippen LogP contribution in [0.5, 0.6) is 0 Å². The van der Waals surface area contributed by atoms with Gasteiger partial charge in [-0.3, -0.25) is 9.69 Å². The SMILES string of the molecule is CC(C)(C)C(=O)[C@@H]1C[C@]2(CC2C2CC2)CN1C(C)(C)C. The van der Waals surface area contributed by atoms with E-state index in [1.165, 1.54) is 19.3 Å². The van der Waals surface area contributed by atoms with Gasteiger partial charge in [-0.1, -0.05) is 20.8 Å². The normalized spacial score (nSPS) is 38.5. The summed E-state index contributed by atoms with van der Waals surface area (Å²) in [5.41, 5.74) is 0.384. The summed E-state index contributed by atoms with van der Waals surface area (Å²) >= 11 is 0. The lowest BCUT2D eigenvalue weighted by molar-refractivity contribution is -0.132. The molecule has 3 fully saturated rings. The van der Waals surface area contributed by atoms with Gasteiger partial charge in [0.2, 0.25) is 0 Å². The number of ketones is 1. The molecule has 0 aromatic heterocycles. The zero-order chi connectivity index (χ0) is 14.9. The molecule has 0 aromatic carbocycles. The van der Waals surface area contributed by atoms with Crippen molar-refractivity contribution in [1.82, 2.24) is 4.90 Å². The van der Waals surface area contributed by atoms with Gasteiger partial charge in [0.05, 0.1) is 6.04 Å². The quantitative estimate of drug-likeness (QED) is 0.763. The Hall–Kier alpha value is -0.370. The average Bonchev–Trinajstić information content (AvgIpc) is 3.12. The maximum absolute atomic E-state index is 12.9. The summed E-state index contributed by atoms with van der Waals surface area (Å²) in [7, 11) is 0. The molecular weight excluding hydrogens is 246 g/mol. The highest BCUT2D eigenvalue weighted by Crippen LogP contribution is 2.68. The van der Waals surface area contributed by atoms with E-state index >= 15 is 0 Å². The molecule has 0 aromatic rings. The highest BCUT2D eigenvalue weighted by molar-refractivity contribution is 5.89. The summed E-state index contributed by atoms with van der Waals surface area (Å²) < 4.78 is 0. The van der Waals surface area contributed by atoms with Crippen molar-refractivity contribution in [3.63, 3.8) is 0 Å². The molecular formula is C18H31NO. The van der Waals surface area contributed by atoms with Gasteiger partial charge in [0, 0.05) is 17.5 Å². The molecule has 0 radical (unpaired) electrons. The Morgan fingerprint density at radius 1 is 1.05 bits per heavy atom. The van der Waals surface area contributed by atoms with Gasteiger partial charge in [-0.15, -0.1) is 0 Å². The van der Waals surface area contributed by atoms with Crippen molar-refractivity contribution in [2.45, 2.75) is 78.8 Å². The highest BCUT2D eigenvalue weighted by atomic mass is 16.1. The molecule has 114 valence electrons. The van der Waals surface area contributed by atoms with Gasteiger partial charge in [-0.25, -0.2) is 0 Å². The topological polar surface area (TPSA) is 20.3 Å². The van der Waals surface area contributed by atoms with Crippen molar-refractivity contribution in [2.24, 2.45) is 22.7 Å². The van der Waals surface area contributed by atoms with Crippen LogP contribution in [-0.4, -0.2) is 28.8 Å². The molecule has 2 nitrogen and oxygen atoms in total. The lowest BCUT2D eigenvalue weighted by Crippen LogP contribution is -2.50. The minimum atomic E-state index is -0.219. The smallest absolute Gasteiger partial charge is 0.155 e. The average molecular weight is 277 g/mol. The van der Waals surface area contributed by atoms with Crippen LogP contribution in [0.3, 0.4) is 0 Å². The number of carbonyl (C=O) groups excluding carboxylic acids is 1. The maximum atomic E-state index is 12.9. The number of nitrogens with zero attached hydrogens (tertiary/aromatic N) is 1. The number of carbonyl (C=O) groups is 1. The number of hydrogen-bond acceptors (Lipinski definition) is 2. The van der Waals surface area contributed by atoms with Crippen LogP contribution in [0.4, 0.5) is 0 Å². The van der Waals surface area contributed by atoms with E-state index in [0.29, 0.717) is 11.2 Å². The first kappa shape index (κ1) is 14.6. The van der Waals surface area contributed by atoms with E-state index in [1.54, 1.807) is 0 Å². The third-order valence-corrected chi connectivity index (χ3v) is 5.81. The van der Waals surface area contributed by atoms with Crippen LogP contribution in [-0.2, 0) is 4.79 Å². The molecule has 2 heteroatoms. The molecule has 2 aliphatic carbocycles. The van der Waals surface area contributed by atoms with Crippen molar-refractivity contribution < 1.29 is 4.79 Å². The van der Waals surface area contributed by atoms with Crippen molar-refractivity contribution >= 4 is 5.78 Å². The molecule has 20 heavy (non-hydrogen) atoms. The van der Waals surface area contributed by atoms with Crippen LogP contribution in [0.1, 0.15) is 67.2 Å². The van der Waals surface area contributed by atoms with Crippen LogP contribution >= 0.6 is 0 Å². The molecule has 3 aliphatic rings. The van der Waals surface area contributed by atoms with Gasteiger partial charge in [-0.05, 0) is 63.7 Å². The molecule has 1 heterocycles. The third-order valence-electron chi connectivity index (χ3n) is 5.81. The second-order valence-electron chi connectivity index (χ2n) is 9.64. The van der Waals surface area contributed by atoms with Crippen LogP contribution in [0.15, 0.2) is 0 Å². The first-order valence-corrected chi connectivity index (χ1v) is 8.36. The Morgan fingerprint density at radius 2 is 1.65 bits per heavy atom. The first-order chi connectivity index (χ1) is 9.05. The van der Waals surface area contributed by atoms with Gasteiger partial charge in [-0.2, -0.15) is 0 Å². The van der Waals surface area contributed by atoms with Gasteiger partial charge >= 0.3 is 0 Å². The van der Waals surface area contributed by atoms with Crippen LogP contribution in [0.25, 0.3) is 0 Å². The van der Waals surface area contributed by atoms with E-state index in [1.807, 2.05) is 0 Å². The maximum Gasteiger partial charge on any atom is 0.155 e. The van der Waals surface area contributed by atoms with E-state index in [9.17, 15) is 4.79 Å². The highest BCUT2D eigenvalue weighted by Gasteiger charge is 2.66. The minimum absolute atomic E-state index is 0.103. The zero-order valence-corrected chi connectivity index (χ0v) is 14.1. The number of hydrogen-bond donors (Lipinski definition) is 0. The van der Waals surface area contributed by atoms with E-state index in [2.05, 4.69) is 46.4 Å². The van der Waals surface area contributed by atoms with Crippen molar-refractivity contribution in [2.75, 3.05) is 6.54 Å². The largest absolute Gasteiger partial charge is 0.297 e. The Balaban J connectivity index is 1.82. The monoisotopic (exact) mass is 277 g/mol. The molecule has 1 unspecified atom stereocenters. The summed E-state index contributed by atoms with van der Waals surface area (Å²) in [6, 6.07) is 0.152. The van der Waals surface area contributed by atoms with Gasteiger partial charge < -0.3 is 0 Å². The first-order valence-electron chi connectivity index (χ1n) is 8.36. The Morgan fingerprint density at radius 3 is 2.10 bits per heavy atom. The molecule has 3 atom stereocenters. The van der Waals surface area contributed by atoms with E-state index < -0.39 is 0 Å². The molecule has 1 aliphatic heterocycles. The second-order valence-corrected chi connectivity index (χ2v) is 9.64. The van der Waals surface area contributed by atoms with Crippen molar-refractivity contribution in [3.8, 4) is 0 Å². The summed E-state index contributed by atoms with van der Waals surface area (Å²) in [6.45, 7) is 14.2. The molecule has 3 rings (SSSR count). The number of likely N-dealkylation sites (tertiary alicyclic amines) is 1. The standard InChI is InChI=1S/C18H31NO/c1-16(2,3)15(20)14-10-18(9-13(18)12-7-8-12)11-19(14)17(4,5)6/h12-14H,7-11H2,1-6H3/t13?,14-,18+/m0/s1. The van der Waals surface area contributed by atoms with Gasteiger partial charge in [0.1, 0.15) is 0 Å². The third kappa shape index (κ3) is 2.34. The van der Waals surface area contributed by atoms with E-state index in [-0.39, 0.29) is 17.0 Å². The fourth-order valence-electron chi connectivity index (χ4n) is 4.41. The predicted octanol–water partition coefficient (Wildman–Crippen LogP) is 3.89. The summed E-state index contributed by atoms with van der Waals surface area (Å²) in [6.07, 6.45) is 5.40.